The molecule has 2 aliphatic carbocycles. The Balaban J connectivity index is 1.88. The van der Waals surface area contributed by atoms with Gasteiger partial charge in [0.05, 0.1) is 11.8 Å². The van der Waals surface area contributed by atoms with Crippen molar-refractivity contribution in [2.75, 3.05) is 0 Å². The van der Waals surface area contributed by atoms with Crippen LogP contribution in [-0.4, -0.2) is 9.97 Å². The molecule has 2 fully saturated rings. The van der Waals surface area contributed by atoms with E-state index in [-0.39, 0.29) is 5.41 Å². The lowest BCUT2D eigenvalue weighted by atomic mass is 9.69. The second-order valence-corrected chi connectivity index (χ2v) is 5.98. The first kappa shape index (κ1) is 11.8. The highest BCUT2D eigenvalue weighted by Crippen LogP contribution is 2.43. The standard InChI is InChI=1S/C15H21N3/c1-11-13(12-6-3-2-4-7-12)18-14(17-11)15(10-16)8-5-9-15/h12H,2-9H2,1H3,(H,17,18). The highest BCUT2D eigenvalue weighted by molar-refractivity contribution is 5.30. The van der Waals surface area contributed by atoms with E-state index in [0.29, 0.717) is 5.92 Å². The lowest BCUT2D eigenvalue weighted by Crippen LogP contribution is -2.33. The molecule has 96 valence electrons. The lowest BCUT2D eigenvalue weighted by Gasteiger charge is -2.33. The molecule has 0 radical (unpaired) electrons. The number of nitrogens with zero attached hydrogens (tertiary/aromatic N) is 2. The number of imidazole rings is 1. The van der Waals surface area contributed by atoms with Crippen LogP contribution in [0.4, 0.5) is 0 Å². The molecule has 0 aromatic carbocycles. The molecular formula is C15H21N3. The molecule has 0 spiro atoms. The van der Waals surface area contributed by atoms with E-state index >= 15 is 0 Å². The zero-order valence-corrected chi connectivity index (χ0v) is 11.1. The summed E-state index contributed by atoms with van der Waals surface area (Å²) < 4.78 is 0. The fourth-order valence-corrected chi connectivity index (χ4v) is 3.41. The van der Waals surface area contributed by atoms with Crippen LogP contribution >= 0.6 is 0 Å². The van der Waals surface area contributed by atoms with Gasteiger partial charge < -0.3 is 4.98 Å². The largest absolute Gasteiger partial charge is 0.345 e. The van der Waals surface area contributed by atoms with Crippen LogP contribution in [0.1, 0.15) is 74.5 Å². The van der Waals surface area contributed by atoms with Crippen molar-refractivity contribution >= 4 is 0 Å². The Morgan fingerprint density at radius 1 is 1.22 bits per heavy atom. The van der Waals surface area contributed by atoms with E-state index in [0.717, 1.165) is 25.1 Å². The van der Waals surface area contributed by atoms with Crippen molar-refractivity contribution in [1.82, 2.24) is 9.97 Å². The molecule has 2 aliphatic rings. The van der Waals surface area contributed by atoms with Gasteiger partial charge in [0.1, 0.15) is 11.2 Å². The number of nitrogens with one attached hydrogen (secondary N) is 1. The van der Waals surface area contributed by atoms with Crippen molar-refractivity contribution in [1.29, 1.82) is 5.26 Å². The molecule has 1 N–H and O–H groups in total. The molecule has 0 unspecified atom stereocenters. The molecule has 3 heteroatoms. The van der Waals surface area contributed by atoms with Crippen LogP contribution in [0.2, 0.25) is 0 Å². The van der Waals surface area contributed by atoms with Gasteiger partial charge in [0.2, 0.25) is 0 Å². The van der Waals surface area contributed by atoms with Crippen LogP contribution in [-0.2, 0) is 5.41 Å². The van der Waals surface area contributed by atoms with Gasteiger partial charge in [-0.1, -0.05) is 19.3 Å². The predicted octanol–water partition coefficient (Wildman–Crippen LogP) is 3.71. The molecule has 1 heterocycles. The molecule has 0 amide bonds. The molecule has 1 aromatic rings. The maximum atomic E-state index is 9.39. The summed E-state index contributed by atoms with van der Waals surface area (Å²) in [5.41, 5.74) is 2.14. The SMILES string of the molecule is Cc1[nH]c(C2(C#N)CCC2)nc1C1CCCCC1. The fraction of sp³-hybridized carbons (Fsp3) is 0.733. The molecule has 0 saturated heterocycles. The summed E-state index contributed by atoms with van der Waals surface area (Å²) in [7, 11) is 0. The quantitative estimate of drug-likeness (QED) is 0.860. The number of nitriles is 1. The van der Waals surface area contributed by atoms with Crippen molar-refractivity contribution in [2.24, 2.45) is 0 Å². The van der Waals surface area contributed by atoms with E-state index < -0.39 is 0 Å². The number of hydrogen-bond acceptors (Lipinski definition) is 2. The zero-order valence-electron chi connectivity index (χ0n) is 11.1. The maximum absolute atomic E-state index is 9.39. The minimum Gasteiger partial charge on any atom is -0.345 e. The molecular weight excluding hydrogens is 222 g/mol. The molecule has 1 aromatic heterocycles. The summed E-state index contributed by atoms with van der Waals surface area (Å²) >= 11 is 0. The third-order valence-electron chi connectivity index (χ3n) is 4.79. The first-order valence-corrected chi connectivity index (χ1v) is 7.23. The Kier molecular flexibility index (Phi) is 2.89. The van der Waals surface area contributed by atoms with E-state index in [2.05, 4.69) is 18.0 Å². The lowest BCUT2D eigenvalue weighted by molar-refractivity contribution is 0.308. The highest BCUT2D eigenvalue weighted by atomic mass is 15.0. The van der Waals surface area contributed by atoms with Gasteiger partial charge >= 0.3 is 0 Å². The highest BCUT2D eigenvalue weighted by Gasteiger charge is 2.42. The van der Waals surface area contributed by atoms with Crippen molar-refractivity contribution in [3.05, 3.63) is 17.2 Å². The Morgan fingerprint density at radius 2 is 1.94 bits per heavy atom. The summed E-state index contributed by atoms with van der Waals surface area (Å²) in [4.78, 5) is 8.22. The van der Waals surface area contributed by atoms with Gasteiger partial charge in [-0.2, -0.15) is 5.26 Å². The summed E-state index contributed by atoms with van der Waals surface area (Å²) in [6, 6.07) is 2.48. The van der Waals surface area contributed by atoms with Gasteiger partial charge in [-0.3, -0.25) is 0 Å². The van der Waals surface area contributed by atoms with Crippen molar-refractivity contribution in [2.45, 2.75) is 69.6 Å². The Hall–Kier alpha value is -1.30. The average molecular weight is 243 g/mol. The summed E-state index contributed by atoms with van der Waals surface area (Å²) in [5, 5.41) is 9.39. The van der Waals surface area contributed by atoms with Crippen molar-refractivity contribution in [3.63, 3.8) is 0 Å². The first-order valence-electron chi connectivity index (χ1n) is 7.23. The minimum absolute atomic E-state index is 0.294. The molecule has 3 rings (SSSR count). The first-order chi connectivity index (χ1) is 8.75. The second-order valence-electron chi connectivity index (χ2n) is 5.98. The van der Waals surface area contributed by atoms with Gasteiger partial charge in [-0.15, -0.1) is 0 Å². The molecule has 2 saturated carbocycles. The third-order valence-corrected chi connectivity index (χ3v) is 4.79. The van der Waals surface area contributed by atoms with Crippen molar-refractivity contribution < 1.29 is 0 Å². The van der Waals surface area contributed by atoms with Crippen LogP contribution in [0.25, 0.3) is 0 Å². The van der Waals surface area contributed by atoms with Crippen LogP contribution < -0.4 is 0 Å². The smallest absolute Gasteiger partial charge is 0.127 e. The number of aromatic nitrogens is 2. The Morgan fingerprint density at radius 3 is 2.50 bits per heavy atom. The maximum Gasteiger partial charge on any atom is 0.127 e. The summed E-state index contributed by atoms with van der Waals surface area (Å²) in [6.45, 7) is 2.12. The van der Waals surface area contributed by atoms with E-state index in [9.17, 15) is 5.26 Å². The number of hydrogen-bond donors (Lipinski definition) is 1. The third kappa shape index (κ3) is 1.75. The van der Waals surface area contributed by atoms with Gasteiger partial charge in [-0.25, -0.2) is 4.98 Å². The van der Waals surface area contributed by atoms with Crippen LogP contribution in [0.15, 0.2) is 0 Å². The van der Waals surface area contributed by atoms with Crippen LogP contribution in [0.5, 0.6) is 0 Å². The zero-order chi connectivity index (χ0) is 12.6. The van der Waals surface area contributed by atoms with Gasteiger partial charge in [0.15, 0.2) is 0 Å². The van der Waals surface area contributed by atoms with E-state index in [1.807, 2.05) is 0 Å². The predicted molar refractivity (Wildman–Crippen MR) is 70.3 cm³/mol. The fourth-order valence-electron chi connectivity index (χ4n) is 3.41. The normalized spacial score (nSPS) is 23.3. The molecule has 0 atom stereocenters. The number of aryl methyl sites for hydroxylation is 1. The molecule has 18 heavy (non-hydrogen) atoms. The van der Waals surface area contributed by atoms with Gasteiger partial charge in [-0.05, 0) is 39.0 Å². The van der Waals surface area contributed by atoms with Crippen LogP contribution in [0, 0.1) is 18.3 Å². The van der Waals surface area contributed by atoms with E-state index in [4.69, 9.17) is 4.98 Å². The summed E-state index contributed by atoms with van der Waals surface area (Å²) in [5.74, 6) is 1.56. The summed E-state index contributed by atoms with van der Waals surface area (Å²) in [6.07, 6.45) is 9.67. The van der Waals surface area contributed by atoms with Gasteiger partial charge in [0.25, 0.3) is 0 Å². The van der Waals surface area contributed by atoms with Gasteiger partial charge in [0, 0.05) is 11.6 Å². The topological polar surface area (TPSA) is 52.5 Å². The number of aromatic amines is 1. The van der Waals surface area contributed by atoms with Crippen LogP contribution in [0.3, 0.4) is 0 Å². The second kappa shape index (κ2) is 4.42. The molecule has 3 nitrogen and oxygen atoms in total. The molecule has 0 aliphatic heterocycles. The Bertz CT molecular complexity index is 470. The van der Waals surface area contributed by atoms with Crippen molar-refractivity contribution in [3.8, 4) is 6.07 Å². The monoisotopic (exact) mass is 243 g/mol. The minimum atomic E-state index is -0.294. The Labute approximate surface area is 109 Å². The number of H-pyrrole nitrogens is 1. The average Bonchev–Trinajstić information content (AvgIpc) is 2.72. The molecule has 0 bridgehead atoms. The van der Waals surface area contributed by atoms with E-state index in [1.54, 1.807) is 0 Å². The number of rotatable bonds is 2. The van der Waals surface area contributed by atoms with E-state index in [1.165, 1.54) is 43.5 Å².